The maximum absolute atomic E-state index is 11.7. The van der Waals surface area contributed by atoms with Crippen LogP contribution in [0.2, 0.25) is 0 Å². The van der Waals surface area contributed by atoms with Crippen LogP contribution in [0.5, 0.6) is 0 Å². The lowest BCUT2D eigenvalue weighted by atomic mass is 10.4. The zero-order chi connectivity index (χ0) is 13.1. The predicted octanol–water partition coefficient (Wildman–Crippen LogP) is -1.13. The van der Waals surface area contributed by atoms with Gasteiger partial charge >= 0.3 is 10.2 Å². The minimum absolute atomic E-state index is 0.00692. The highest BCUT2D eigenvalue weighted by Gasteiger charge is 2.19. The van der Waals surface area contributed by atoms with Gasteiger partial charge in [0.1, 0.15) is 6.73 Å². The molecule has 0 unspecified atom stereocenters. The highest BCUT2D eigenvalue weighted by molar-refractivity contribution is 7.87. The molecule has 1 N–H and O–H groups in total. The fraction of sp³-hybridized carbons (Fsp3) is 0.500. The summed E-state index contributed by atoms with van der Waals surface area (Å²) >= 11 is 0. The number of methoxy groups -OCH3 is 1. The van der Waals surface area contributed by atoms with Gasteiger partial charge in [0.05, 0.1) is 0 Å². The second-order valence-electron chi connectivity index (χ2n) is 3.30. The maximum Gasteiger partial charge on any atom is 0.322 e. The third kappa shape index (κ3) is 3.02. The van der Waals surface area contributed by atoms with E-state index >= 15 is 0 Å². The number of hydrogen-bond donors (Lipinski definition) is 1. The molecule has 0 fully saturated rings. The van der Waals surface area contributed by atoms with Crippen LogP contribution in [0.1, 0.15) is 10.5 Å². The Hall–Kier alpha value is -1.45. The first-order valence-electron chi connectivity index (χ1n) is 4.65. The van der Waals surface area contributed by atoms with Crippen molar-refractivity contribution in [2.75, 3.05) is 27.9 Å². The monoisotopic (exact) mass is 262 g/mol. The van der Waals surface area contributed by atoms with Gasteiger partial charge in [-0.2, -0.15) is 21.9 Å². The number of rotatable bonds is 5. The third-order valence-corrected chi connectivity index (χ3v) is 3.47. The molecule has 17 heavy (non-hydrogen) atoms. The molecule has 0 bridgehead atoms. The molecule has 96 valence electrons. The van der Waals surface area contributed by atoms with Crippen molar-refractivity contribution in [2.24, 2.45) is 0 Å². The molecule has 0 aromatic carbocycles. The Kier molecular flexibility index (Phi) is 4.21. The molecule has 0 aliphatic carbocycles. The van der Waals surface area contributed by atoms with Crippen LogP contribution in [0.25, 0.3) is 0 Å². The quantitative estimate of drug-likeness (QED) is 0.678. The summed E-state index contributed by atoms with van der Waals surface area (Å²) in [6, 6.07) is 1.31. The van der Waals surface area contributed by atoms with E-state index in [1.54, 1.807) is 0 Å². The van der Waals surface area contributed by atoms with E-state index in [0.29, 0.717) is 0 Å². The zero-order valence-corrected chi connectivity index (χ0v) is 10.6. The Morgan fingerprint density at radius 3 is 2.76 bits per heavy atom. The number of nitrogens with one attached hydrogen (secondary N) is 1. The van der Waals surface area contributed by atoms with E-state index in [1.807, 2.05) is 0 Å². The summed E-state index contributed by atoms with van der Waals surface area (Å²) in [5, 5.41) is 6.07. The Morgan fingerprint density at radius 2 is 2.24 bits per heavy atom. The van der Waals surface area contributed by atoms with Crippen LogP contribution in [0.4, 0.5) is 0 Å². The summed E-state index contributed by atoms with van der Waals surface area (Å²) in [4.78, 5) is 11.4. The van der Waals surface area contributed by atoms with Crippen LogP contribution < -0.4 is 5.32 Å². The Labute approximate surface area is 99.3 Å². The summed E-state index contributed by atoms with van der Waals surface area (Å²) < 4.78 is 29.7. The highest BCUT2D eigenvalue weighted by Crippen LogP contribution is 2.02. The SMILES string of the molecule is COCNC(=O)c1ccn(S(=O)(=O)N(C)C)n1. The molecule has 0 radical (unpaired) electrons. The zero-order valence-electron chi connectivity index (χ0n) is 9.74. The number of amides is 1. The van der Waals surface area contributed by atoms with Crippen molar-refractivity contribution in [3.05, 3.63) is 18.0 Å². The van der Waals surface area contributed by atoms with Gasteiger partial charge in [0, 0.05) is 27.4 Å². The van der Waals surface area contributed by atoms with Crippen LogP contribution in [-0.4, -0.2) is 55.8 Å². The second-order valence-corrected chi connectivity index (χ2v) is 5.30. The summed E-state index contributed by atoms with van der Waals surface area (Å²) in [7, 11) is 0.497. The molecular formula is C8H14N4O4S. The average Bonchev–Trinajstić information content (AvgIpc) is 2.75. The van der Waals surface area contributed by atoms with Crippen LogP contribution in [0.3, 0.4) is 0 Å². The fourth-order valence-electron chi connectivity index (χ4n) is 0.952. The molecule has 0 atom stereocenters. The van der Waals surface area contributed by atoms with Crippen molar-refractivity contribution in [1.82, 2.24) is 18.8 Å². The van der Waals surface area contributed by atoms with Gasteiger partial charge in [0.2, 0.25) is 0 Å². The first-order chi connectivity index (χ1) is 7.89. The summed E-state index contributed by atoms with van der Waals surface area (Å²) in [6.45, 7) is 0.0339. The van der Waals surface area contributed by atoms with E-state index in [2.05, 4.69) is 15.2 Å². The van der Waals surface area contributed by atoms with E-state index in [9.17, 15) is 13.2 Å². The predicted molar refractivity (Wildman–Crippen MR) is 59.6 cm³/mol. The van der Waals surface area contributed by atoms with Gasteiger partial charge in [0.25, 0.3) is 5.91 Å². The number of carbonyl (C=O) groups is 1. The number of aromatic nitrogens is 2. The smallest absolute Gasteiger partial charge is 0.322 e. The molecule has 0 aliphatic rings. The molecule has 1 aromatic heterocycles. The number of hydrogen-bond acceptors (Lipinski definition) is 5. The third-order valence-electron chi connectivity index (χ3n) is 1.87. The van der Waals surface area contributed by atoms with E-state index in [4.69, 9.17) is 0 Å². The summed E-state index contributed by atoms with van der Waals surface area (Å²) in [5.41, 5.74) is 0.00692. The average molecular weight is 262 g/mol. The van der Waals surface area contributed by atoms with Gasteiger partial charge in [-0.05, 0) is 6.07 Å². The van der Waals surface area contributed by atoms with Gasteiger partial charge in [-0.3, -0.25) is 4.79 Å². The molecule has 0 spiro atoms. The van der Waals surface area contributed by atoms with Crippen LogP contribution in [0.15, 0.2) is 12.3 Å². The lowest BCUT2D eigenvalue weighted by Crippen LogP contribution is -2.30. The van der Waals surface area contributed by atoms with Crippen molar-refractivity contribution in [2.45, 2.75) is 0 Å². The molecular weight excluding hydrogens is 248 g/mol. The van der Waals surface area contributed by atoms with Crippen LogP contribution >= 0.6 is 0 Å². The van der Waals surface area contributed by atoms with Crippen molar-refractivity contribution < 1.29 is 17.9 Å². The molecule has 0 aliphatic heterocycles. The molecule has 9 heteroatoms. The number of carbonyl (C=O) groups excluding carboxylic acids is 1. The maximum atomic E-state index is 11.7. The van der Waals surface area contributed by atoms with Crippen molar-refractivity contribution >= 4 is 16.1 Å². The molecule has 0 saturated heterocycles. The standard InChI is InChI=1S/C8H14N4O4S/c1-11(2)17(14,15)12-5-4-7(10-12)8(13)9-6-16-3/h4-5H,6H2,1-3H3,(H,9,13). The van der Waals surface area contributed by atoms with Gasteiger partial charge in [0.15, 0.2) is 5.69 Å². The first-order valence-corrected chi connectivity index (χ1v) is 6.05. The topological polar surface area (TPSA) is 93.5 Å². The number of nitrogens with zero attached hydrogens (tertiary/aromatic N) is 3. The molecule has 1 aromatic rings. The lowest BCUT2D eigenvalue weighted by Gasteiger charge is -2.10. The van der Waals surface area contributed by atoms with E-state index in [-0.39, 0.29) is 12.4 Å². The van der Waals surface area contributed by atoms with Gasteiger partial charge in [-0.1, -0.05) is 0 Å². The van der Waals surface area contributed by atoms with Crippen LogP contribution in [-0.2, 0) is 14.9 Å². The van der Waals surface area contributed by atoms with Crippen molar-refractivity contribution in [3.8, 4) is 0 Å². The highest BCUT2D eigenvalue weighted by atomic mass is 32.2. The van der Waals surface area contributed by atoms with Gasteiger partial charge in [-0.15, -0.1) is 0 Å². The summed E-state index contributed by atoms with van der Waals surface area (Å²) in [5.74, 6) is -0.500. The summed E-state index contributed by atoms with van der Waals surface area (Å²) in [6.07, 6.45) is 1.21. The Bertz CT molecular complexity index is 493. The van der Waals surface area contributed by atoms with E-state index in [1.165, 1.54) is 33.5 Å². The Balaban J connectivity index is 2.89. The largest absolute Gasteiger partial charge is 0.364 e. The minimum Gasteiger partial charge on any atom is -0.364 e. The van der Waals surface area contributed by atoms with Gasteiger partial charge < -0.3 is 10.1 Å². The first kappa shape index (κ1) is 13.6. The minimum atomic E-state index is -3.68. The molecule has 1 heterocycles. The molecule has 1 amide bonds. The number of ether oxygens (including phenoxy) is 1. The Morgan fingerprint density at radius 1 is 1.59 bits per heavy atom. The normalized spacial score (nSPS) is 11.8. The van der Waals surface area contributed by atoms with Crippen molar-refractivity contribution in [3.63, 3.8) is 0 Å². The van der Waals surface area contributed by atoms with E-state index in [0.717, 1.165) is 8.39 Å². The van der Waals surface area contributed by atoms with Crippen molar-refractivity contribution in [1.29, 1.82) is 0 Å². The molecule has 0 saturated carbocycles. The van der Waals surface area contributed by atoms with Gasteiger partial charge in [-0.25, -0.2) is 0 Å². The fourth-order valence-corrected chi connectivity index (χ4v) is 1.69. The lowest BCUT2D eigenvalue weighted by molar-refractivity contribution is 0.0867. The van der Waals surface area contributed by atoms with Crippen LogP contribution in [0, 0.1) is 0 Å². The second kappa shape index (κ2) is 5.25. The van der Waals surface area contributed by atoms with E-state index < -0.39 is 16.1 Å². The molecule has 8 nitrogen and oxygen atoms in total. The molecule has 1 rings (SSSR count).